The quantitative estimate of drug-likeness (QED) is 0.719. The van der Waals surface area contributed by atoms with Crippen molar-refractivity contribution in [2.75, 3.05) is 7.05 Å². The monoisotopic (exact) mass is 297 g/mol. The van der Waals surface area contributed by atoms with Crippen LogP contribution < -0.4 is 10.6 Å². The third kappa shape index (κ3) is 4.09. The molecule has 0 aliphatic carbocycles. The molecule has 3 unspecified atom stereocenters. The average Bonchev–Trinajstić information content (AvgIpc) is 2.39. The van der Waals surface area contributed by atoms with Gasteiger partial charge in [0, 0.05) is 18.1 Å². The van der Waals surface area contributed by atoms with Crippen molar-refractivity contribution in [3.63, 3.8) is 0 Å². The largest absolute Gasteiger partial charge is 0.480 e. The van der Waals surface area contributed by atoms with E-state index in [4.69, 9.17) is 5.11 Å². The molecule has 0 radical (unpaired) electrons. The van der Waals surface area contributed by atoms with Crippen LogP contribution >= 0.6 is 0 Å². The smallest absolute Gasteiger partial charge is 0.326 e. The maximum atomic E-state index is 12.0. The Morgan fingerprint density at radius 2 is 1.90 bits per heavy atom. The van der Waals surface area contributed by atoms with E-state index in [1.165, 1.54) is 19.3 Å². The Kier molecular flexibility index (Phi) is 5.45. The Balaban J connectivity index is 1.84. The molecule has 6 nitrogen and oxygen atoms in total. The fourth-order valence-electron chi connectivity index (χ4n) is 3.67. The van der Waals surface area contributed by atoms with Crippen molar-refractivity contribution in [3.05, 3.63) is 0 Å². The van der Waals surface area contributed by atoms with Gasteiger partial charge < -0.3 is 20.6 Å². The number of carbonyl (C=O) groups is 2. The summed E-state index contributed by atoms with van der Waals surface area (Å²) in [6.45, 7) is 1.91. The molecule has 0 aromatic heterocycles. The third-order valence-corrected chi connectivity index (χ3v) is 4.86. The van der Waals surface area contributed by atoms with Crippen LogP contribution in [0.25, 0.3) is 0 Å². The number of nitrogens with one attached hydrogen (secondary N) is 2. The van der Waals surface area contributed by atoms with Gasteiger partial charge in [-0.15, -0.1) is 0 Å². The van der Waals surface area contributed by atoms with Crippen molar-refractivity contribution in [2.24, 2.45) is 0 Å². The molecule has 0 aromatic carbocycles. The maximum Gasteiger partial charge on any atom is 0.326 e. The molecule has 2 rings (SSSR count). The highest BCUT2D eigenvalue weighted by molar-refractivity contribution is 5.82. The van der Waals surface area contributed by atoms with Crippen molar-refractivity contribution in [1.29, 1.82) is 0 Å². The van der Waals surface area contributed by atoms with Gasteiger partial charge in [-0.1, -0.05) is 19.8 Å². The van der Waals surface area contributed by atoms with Crippen LogP contribution in [0.2, 0.25) is 0 Å². The van der Waals surface area contributed by atoms with E-state index in [2.05, 4.69) is 22.6 Å². The molecular weight excluding hydrogens is 270 g/mol. The summed E-state index contributed by atoms with van der Waals surface area (Å²) in [6.07, 6.45) is 6.78. The first kappa shape index (κ1) is 16.1. The van der Waals surface area contributed by atoms with E-state index in [1.807, 2.05) is 6.92 Å². The lowest BCUT2D eigenvalue weighted by Gasteiger charge is -2.47. The second-order valence-electron chi connectivity index (χ2n) is 6.37. The lowest BCUT2D eigenvalue weighted by Crippen LogP contribution is -2.57. The number of rotatable bonds is 5. The van der Waals surface area contributed by atoms with E-state index in [0.29, 0.717) is 18.5 Å². The minimum absolute atomic E-state index is 0.160. The molecule has 3 atom stereocenters. The second kappa shape index (κ2) is 7.11. The molecule has 0 saturated carbocycles. The topological polar surface area (TPSA) is 81.7 Å². The van der Waals surface area contributed by atoms with Gasteiger partial charge in [0.1, 0.15) is 6.04 Å². The number of carboxylic acid groups (broad SMARTS) is 1. The van der Waals surface area contributed by atoms with E-state index in [1.54, 1.807) is 0 Å². The van der Waals surface area contributed by atoms with Gasteiger partial charge in [-0.3, -0.25) is 0 Å². The van der Waals surface area contributed by atoms with Crippen LogP contribution in [0.3, 0.4) is 0 Å². The van der Waals surface area contributed by atoms with Crippen LogP contribution in [0.15, 0.2) is 0 Å². The van der Waals surface area contributed by atoms with Crippen molar-refractivity contribution in [1.82, 2.24) is 15.5 Å². The van der Waals surface area contributed by atoms with Gasteiger partial charge in [0.2, 0.25) is 0 Å². The van der Waals surface area contributed by atoms with Crippen LogP contribution in [0.1, 0.15) is 51.9 Å². The number of carbonyl (C=O) groups excluding carboxylic acids is 1. The van der Waals surface area contributed by atoms with Crippen LogP contribution in [0.4, 0.5) is 4.79 Å². The Bertz CT molecular complexity index is 374. The van der Waals surface area contributed by atoms with Gasteiger partial charge in [-0.05, 0) is 39.2 Å². The number of amides is 2. The Labute approximate surface area is 126 Å². The average molecular weight is 297 g/mol. The van der Waals surface area contributed by atoms with Gasteiger partial charge in [-0.25, -0.2) is 9.59 Å². The molecule has 120 valence electrons. The lowest BCUT2D eigenvalue weighted by atomic mass is 9.82. The number of carboxylic acids is 1. The molecule has 2 aliphatic rings. The molecular formula is C15H27N3O3. The molecule has 0 spiro atoms. The van der Waals surface area contributed by atoms with E-state index < -0.39 is 12.0 Å². The summed E-state index contributed by atoms with van der Waals surface area (Å²) in [5, 5.41) is 14.6. The lowest BCUT2D eigenvalue weighted by molar-refractivity contribution is -0.139. The normalized spacial score (nSPS) is 30.5. The molecule has 0 aromatic rings. The number of hydrogen-bond donors (Lipinski definition) is 3. The minimum Gasteiger partial charge on any atom is -0.480 e. The number of urea groups is 1. The first-order valence-electron chi connectivity index (χ1n) is 8.03. The molecule has 21 heavy (non-hydrogen) atoms. The SMILES string of the molecule is CCCC(NC(=O)NC1CC2CCCC(C1)N2C)C(=O)O. The highest BCUT2D eigenvalue weighted by Gasteiger charge is 2.36. The summed E-state index contributed by atoms with van der Waals surface area (Å²) in [5.41, 5.74) is 0. The first-order chi connectivity index (χ1) is 10.0. The molecule has 2 heterocycles. The van der Waals surface area contributed by atoms with Gasteiger partial charge >= 0.3 is 12.0 Å². The Morgan fingerprint density at radius 3 is 2.43 bits per heavy atom. The summed E-state index contributed by atoms with van der Waals surface area (Å²) in [4.78, 5) is 25.5. The third-order valence-electron chi connectivity index (χ3n) is 4.86. The second-order valence-corrected chi connectivity index (χ2v) is 6.37. The molecule has 2 amide bonds. The fraction of sp³-hybridized carbons (Fsp3) is 0.867. The van der Waals surface area contributed by atoms with Crippen molar-refractivity contribution >= 4 is 12.0 Å². The number of hydrogen-bond acceptors (Lipinski definition) is 3. The van der Waals surface area contributed by atoms with E-state index >= 15 is 0 Å². The number of piperidine rings is 2. The summed E-state index contributed by atoms with van der Waals surface area (Å²) in [7, 11) is 2.17. The zero-order chi connectivity index (χ0) is 15.4. The Hall–Kier alpha value is -1.30. The minimum atomic E-state index is -0.966. The van der Waals surface area contributed by atoms with Crippen LogP contribution in [-0.4, -0.2) is 53.2 Å². The predicted octanol–water partition coefficient (Wildman–Crippen LogP) is 1.55. The van der Waals surface area contributed by atoms with Gasteiger partial charge in [0.25, 0.3) is 0 Å². The van der Waals surface area contributed by atoms with Crippen LogP contribution in [0, 0.1) is 0 Å². The zero-order valence-corrected chi connectivity index (χ0v) is 13.0. The van der Waals surface area contributed by atoms with Gasteiger partial charge in [-0.2, -0.15) is 0 Å². The van der Waals surface area contributed by atoms with Crippen molar-refractivity contribution in [2.45, 2.75) is 76.0 Å². The van der Waals surface area contributed by atoms with Crippen LogP contribution in [-0.2, 0) is 4.79 Å². The van der Waals surface area contributed by atoms with E-state index in [0.717, 1.165) is 19.3 Å². The number of nitrogens with zero attached hydrogens (tertiary/aromatic N) is 1. The predicted molar refractivity (Wildman–Crippen MR) is 80.2 cm³/mol. The molecule has 6 heteroatoms. The summed E-state index contributed by atoms with van der Waals surface area (Å²) in [6, 6.07) is 0.124. The van der Waals surface area contributed by atoms with Gasteiger partial charge in [0.05, 0.1) is 0 Å². The van der Waals surface area contributed by atoms with Gasteiger partial charge in [0.15, 0.2) is 0 Å². The van der Waals surface area contributed by atoms with Crippen LogP contribution in [0.5, 0.6) is 0 Å². The molecule has 3 N–H and O–H groups in total. The maximum absolute atomic E-state index is 12.0. The number of fused-ring (bicyclic) bond motifs is 2. The molecule has 2 bridgehead atoms. The molecule has 2 aliphatic heterocycles. The van der Waals surface area contributed by atoms with E-state index in [9.17, 15) is 9.59 Å². The highest BCUT2D eigenvalue weighted by atomic mass is 16.4. The first-order valence-corrected chi connectivity index (χ1v) is 8.03. The molecule has 2 saturated heterocycles. The van der Waals surface area contributed by atoms with Crippen molar-refractivity contribution in [3.8, 4) is 0 Å². The molecule has 2 fully saturated rings. The van der Waals surface area contributed by atoms with Crippen molar-refractivity contribution < 1.29 is 14.7 Å². The highest BCUT2D eigenvalue weighted by Crippen LogP contribution is 2.32. The summed E-state index contributed by atoms with van der Waals surface area (Å²) >= 11 is 0. The summed E-state index contributed by atoms with van der Waals surface area (Å²) in [5.74, 6) is -0.966. The zero-order valence-electron chi connectivity index (χ0n) is 13.0. The Morgan fingerprint density at radius 1 is 1.29 bits per heavy atom. The fourth-order valence-corrected chi connectivity index (χ4v) is 3.67. The van der Waals surface area contributed by atoms with E-state index in [-0.39, 0.29) is 12.1 Å². The summed E-state index contributed by atoms with van der Waals surface area (Å²) < 4.78 is 0. The number of aliphatic carboxylic acids is 1. The standard InChI is InChI=1S/C15H27N3O3/c1-3-5-13(14(19)20)17-15(21)16-10-8-11-6-4-7-12(9-10)18(11)2/h10-13H,3-9H2,1-2H3,(H,19,20)(H2,16,17,21).